The molecule has 0 N–H and O–H groups in total. The first-order valence-corrected chi connectivity index (χ1v) is 6.51. The van der Waals surface area contributed by atoms with Crippen molar-refractivity contribution in [3.63, 3.8) is 0 Å². The van der Waals surface area contributed by atoms with E-state index >= 15 is 0 Å². The number of alkyl halides is 1. The van der Waals surface area contributed by atoms with Crippen molar-refractivity contribution < 1.29 is 4.74 Å². The van der Waals surface area contributed by atoms with Crippen LogP contribution in [0.1, 0.15) is 24.7 Å². The molecule has 0 fully saturated rings. The number of hydrogen-bond acceptors (Lipinski definition) is 3. The fourth-order valence-electron chi connectivity index (χ4n) is 1.66. The first-order chi connectivity index (χ1) is 8.83. The van der Waals surface area contributed by atoms with E-state index in [1.165, 1.54) is 0 Å². The Balaban J connectivity index is 1.99. The van der Waals surface area contributed by atoms with Crippen molar-refractivity contribution >= 4 is 11.6 Å². The van der Waals surface area contributed by atoms with Gasteiger partial charge in [-0.3, -0.25) is 0 Å². The second-order valence-corrected chi connectivity index (χ2v) is 4.24. The molecular weight excluding hydrogens is 250 g/mol. The molecule has 0 aliphatic heterocycles. The molecule has 0 saturated carbocycles. The van der Waals surface area contributed by atoms with E-state index in [1.54, 1.807) is 6.33 Å². The fourth-order valence-corrected chi connectivity index (χ4v) is 1.83. The summed E-state index contributed by atoms with van der Waals surface area (Å²) in [5, 5.41) is 4.16. The number of aryl methyl sites for hydroxylation is 1. The van der Waals surface area contributed by atoms with Crippen molar-refractivity contribution in [3.8, 4) is 5.75 Å². The van der Waals surface area contributed by atoms with Crippen LogP contribution in [0.15, 0.2) is 30.6 Å². The maximum Gasteiger partial charge on any atom is 0.164 e. The lowest BCUT2D eigenvalue weighted by molar-refractivity contribution is 0.286. The predicted molar refractivity (Wildman–Crippen MR) is 70.6 cm³/mol. The SMILES string of the molecule is CCCn1ncnc1COc1cccc(CCl)c1. The van der Waals surface area contributed by atoms with E-state index in [-0.39, 0.29) is 0 Å². The van der Waals surface area contributed by atoms with Gasteiger partial charge in [0, 0.05) is 12.4 Å². The highest BCUT2D eigenvalue weighted by molar-refractivity contribution is 6.17. The molecular formula is C13H16ClN3O. The number of halogens is 1. The minimum absolute atomic E-state index is 0.422. The molecule has 1 heterocycles. The van der Waals surface area contributed by atoms with Crippen molar-refractivity contribution in [1.82, 2.24) is 14.8 Å². The smallest absolute Gasteiger partial charge is 0.164 e. The fraction of sp³-hybridized carbons (Fsp3) is 0.385. The Morgan fingerprint density at radius 2 is 2.28 bits per heavy atom. The summed E-state index contributed by atoms with van der Waals surface area (Å²) in [5.74, 6) is 2.13. The molecule has 0 unspecified atom stereocenters. The van der Waals surface area contributed by atoms with Gasteiger partial charge in [-0.05, 0) is 24.1 Å². The molecule has 0 aliphatic rings. The van der Waals surface area contributed by atoms with Crippen LogP contribution in [-0.4, -0.2) is 14.8 Å². The van der Waals surface area contributed by atoms with Crippen LogP contribution in [0.4, 0.5) is 0 Å². The van der Waals surface area contributed by atoms with Gasteiger partial charge in [-0.1, -0.05) is 19.1 Å². The van der Waals surface area contributed by atoms with Gasteiger partial charge in [0.15, 0.2) is 5.82 Å². The van der Waals surface area contributed by atoms with Crippen LogP contribution in [0.5, 0.6) is 5.75 Å². The van der Waals surface area contributed by atoms with Crippen molar-refractivity contribution in [2.45, 2.75) is 32.4 Å². The van der Waals surface area contributed by atoms with Crippen LogP contribution >= 0.6 is 11.6 Å². The Hall–Kier alpha value is -1.55. The molecule has 4 nitrogen and oxygen atoms in total. The average molecular weight is 266 g/mol. The molecule has 0 saturated heterocycles. The molecule has 0 spiro atoms. The lowest BCUT2D eigenvalue weighted by Gasteiger charge is -2.08. The molecule has 0 aliphatic carbocycles. The first-order valence-electron chi connectivity index (χ1n) is 5.98. The Kier molecular flexibility index (Phi) is 4.59. The zero-order chi connectivity index (χ0) is 12.8. The number of hydrogen-bond donors (Lipinski definition) is 0. The molecule has 18 heavy (non-hydrogen) atoms. The second kappa shape index (κ2) is 6.40. The van der Waals surface area contributed by atoms with Gasteiger partial charge >= 0.3 is 0 Å². The Labute approximate surface area is 112 Å². The van der Waals surface area contributed by atoms with Crippen LogP contribution in [0.3, 0.4) is 0 Å². The van der Waals surface area contributed by atoms with E-state index in [4.69, 9.17) is 16.3 Å². The maximum atomic E-state index is 5.78. The van der Waals surface area contributed by atoms with Crippen LogP contribution in [-0.2, 0) is 19.0 Å². The highest BCUT2D eigenvalue weighted by Crippen LogP contribution is 2.16. The quantitative estimate of drug-likeness (QED) is 0.754. The van der Waals surface area contributed by atoms with Gasteiger partial charge in [-0.2, -0.15) is 5.10 Å². The molecule has 96 valence electrons. The minimum Gasteiger partial charge on any atom is -0.486 e. The van der Waals surface area contributed by atoms with E-state index in [2.05, 4.69) is 17.0 Å². The van der Waals surface area contributed by atoms with Crippen molar-refractivity contribution in [2.24, 2.45) is 0 Å². The van der Waals surface area contributed by atoms with Crippen molar-refractivity contribution in [3.05, 3.63) is 42.0 Å². The third kappa shape index (κ3) is 3.23. The van der Waals surface area contributed by atoms with Gasteiger partial charge in [0.05, 0.1) is 0 Å². The van der Waals surface area contributed by atoms with Crippen molar-refractivity contribution in [1.29, 1.82) is 0 Å². The highest BCUT2D eigenvalue weighted by Gasteiger charge is 2.04. The summed E-state index contributed by atoms with van der Waals surface area (Å²) in [6.07, 6.45) is 2.58. The normalized spacial score (nSPS) is 10.6. The molecule has 5 heteroatoms. The molecule has 2 aromatic rings. The van der Waals surface area contributed by atoms with Crippen LogP contribution in [0.25, 0.3) is 0 Å². The molecule has 0 atom stereocenters. The third-order valence-corrected chi connectivity index (χ3v) is 2.86. The highest BCUT2D eigenvalue weighted by atomic mass is 35.5. The predicted octanol–water partition coefficient (Wildman–Crippen LogP) is 3.01. The number of rotatable bonds is 6. The minimum atomic E-state index is 0.422. The summed E-state index contributed by atoms with van der Waals surface area (Å²) in [4.78, 5) is 4.19. The Morgan fingerprint density at radius 3 is 3.06 bits per heavy atom. The Morgan fingerprint density at radius 1 is 1.39 bits per heavy atom. The van der Waals surface area contributed by atoms with Crippen LogP contribution in [0, 0.1) is 0 Å². The summed E-state index contributed by atoms with van der Waals surface area (Å²) in [7, 11) is 0. The van der Waals surface area contributed by atoms with Gasteiger partial charge in [0.1, 0.15) is 18.7 Å². The van der Waals surface area contributed by atoms with E-state index in [0.717, 1.165) is 30.1 Å². The van der Waals surface area contributed by atoms with E-state index in [1.807, 2.05) is 28.9 Å². The molecule has 1 aromatic heterocycles. The number of aromatic nitrogens is 3. The second-order valence-electron chi connectivity index (χ2n) is 3.97. The third-order valence-electron chi connectivity index (χ3n) is 2.55. The topological polar surface area (TPSA) is 39.9 Å². The maximum absolute atomic E-state index is 5.78. The molecule has 2 rings (SSSR count). The molecule has 0 radical (unpaired) electrons. The van der Waals surface area contributed by atoms with Gasteiger partial charge in [-0.15, -0.1) is 11.6 Å². The van der Waals surface area contributed by atoms with Crippen LogP contribution in [0.2, 0.25) is 0 Å². The van der Waals surface area contributed by atoms with Crippen molar-refractivity contribution in [2.75, 3.05) is 0 Å². The van der Waals surface area contributed by atoms with Gasteiger partial charge in [0.25, 0.3) is 0 Å². The zero-order valence-electron chi connectivity index (χ0n) is 10.3. The number of benzene rings is 1. The lowest BCUT2D eigenvalue weighted by Crippen LogP contribution is -2.08. The Bertz CT molecular complexity index is 498. The van der Waals surface area contributed by atoms with E-state index in [0.29, 0.717) is 12.5 Å². The molecule has 1 aromatic carbocycles. The summed E-state index contributed by atoms with van der Waals surface area (Å²) in [6, 6.07) is 7.76. The van der Waals surface area contributed by atoms with Gasteiger partial charge in [-0.25, -0.2) is 9.67 Å². The summed E-state index contributed by atoms with van der Waals surface area (Å²) in [5.41, 5.74) is 1.05. The van der Waals surface area contributed by atoms with Gasteiger partial charge < -0.3 is 4.74 Å². The largest absolute Gasteiger partial charge is 0.486 e. The molecule has 0 bridgehead atoms. The first kappa shape index (κ1) is 12.9. The molecule has 0 amide bonds. The number of ether oxygens (including phenoxy) is 1. The summed E-state index contributed by atoms with van der Waals surface area (Å²) >= 11 is 5.78. The summed E-state index contributed by atoms with van der Waals surface area (Å²) < 4.78 is 7.56. The summed E-state index contributed by atoms with van der Waals surface area (Å²) in [6.45, 7) is 3.39. The van der Waals surface area contributed by atoms with Gasteiger partial charge in [0.2, 0.25) is 0 Å². The van der Waals surface area contributed by atoms with E-state index < -0.39 is 0 Å². The van der Waals surface area contributed by atoms with E-state index in [9.17, 15) is 0 Å². The number of nitrogens with zero attached hydrogens (tertiary/aromatic N) is 3. The standard InChI is InChI=1S/C13H16ClN3O/c1-2-6-17-13(15-10-16-17)9-18-12-5-3-4-11(7-12)8-14/h3-5,7,10H,2,6,8-9H2,1H3. The van der Waals surface area contributed by atoms with Crippen LogP contribution < -0.4 is 4.74 Å². The monoisotopic (exact) mass is 265 g/mol. The zero-order valence-corrected chi connectivity index (χ0v) is 11.1. The average Bonchev–Trinajstić information content (AvgIpc) is 2.85. The lowest BCUT2D eigenvalue weighted by atomic mass is 10.2.